The van der Waals surface area contributed by atoms with Crippen molar-refractivity contribution in [2.75, 3.05) is 20.3 Å². The minimum absolute atomic E-state index is 0.297. The molecule has 1 rings (SSSR count). The molecule has 94 valence electrons. The van der Waals surface area contributed by atoms with Gasteiger partial charge in [0.25, 0.3) is 0 Å². The maximum atomic E-state index is 11.6. The van der Waals surface area contributed by atoms with E-state index in [1.165, 1.54) is 0 Å². The molecular formula is C13H17ClO3. The number of esters is 1. The van der Waals surface area contributed by atoms with E-state index in [0.29, 0.717) is 29.7 Å². The van der Waals surface area contributed by atoms with Gasteiger partial charge in [0.1, 0.15) is 0 Å². The molecule has 1 atom stereocenters. The molecule has 0 aliphatic rings. The first-order chi connectivity index (χ1) is 8.13. The van der Waals surface area contributed by atoms with Crippen LogP contribution in [0.15, 0.2) is 24.3 Å². The van der Waals surface area contributed by atoms with Crippen LogP contribution in [0.3, 0.4) is 0 Å². The van der Waals surface area contributed by atoms with E-state index in [1.807, 2.05) is 6.92 Å². The number of methoxy groups -OCH3 is 1. The van der Waals surface area contributed by atoms with Crippen molar-refractivity contribution in [1.82, 2.24) is 0 Å². The first-order valence-electron chi connectivity index (χ1n) is 5.55. The molecular weight excluding hydrogens is 240 g/mol. The first kappa shape index (κ1) is 14.0. The third-order valence-electron chi connectivity index (χ3n) is 2.39. The van der Waals surface area contributed by atoms with E-state index in [0.717, 1.165) is 6.42 Å². The lowest BCUT2D eigenvalue weighted by atomic mass is 10.1. The maximum Gasteiger partial charge on any atom is 0.338 e. The summed E-state index contributed by atoms with van der Waals surface area (Å²) >= 11 is 5.74. The van der Waals surface area contributed by atoms with Gasteiger partial charge in [0.15, 0.2) is 0 Å². The minimum atomic E-state index is -0.314. The fourth-order valence-electron chi connectivity index (χ4n) is 1.29. The second-order valence-electron chi connectivity index (χ2n) is 3.99. The molecule has 0 radical (unpaired) electrons. The van der Waals surface area contributed by atoms with Crippen molar-refractivity contribution < 1.29 is 14.3 Å². The normalized spacial score (nSPS) is 12.2. The van der Waals surface area contributed by atoms with Crippen LogP contribution in [-0.4, -0.2) is 26.3 Å². The van der Waals surface area contributed by atoms with Crippen LogP contribution in [0.4, 0.5) is 0 Å². The minimum Gasteiger partial charge on any atom is -0.462 e. The van der Waals surface area contributed by atoms with Gasteiger partial charge in [0.2, 0.25) is 0 Å². The van der Waals surface area contributed by atoms with Crippen LogP contribution in [0.2, 0.25) is 5.02 Å². The highest BCUT2D eigenvalue weighted by Crippen LogP contribution is 2.11. The number of halogens is 1. The fourth-order valence-corrected chi connectivity index (χ4v) is 1.42. The topological polar surface area (TPSA) is 35.5 Å². The highest BCUT2D eigenvalue weighted by atomic mass is 35.5. The van der Waals surface area contributed by atoms with Gasteiger partial charge >= 0.3 is 5.97 Å². The van der Waals surface area contributed by atoms with Crippen molar-refractivity contribution in [3.63, 3.8) is 0 Å². The SMILES string of the molecule is COCCC(C)COC(=O)c1ccc(Cl)cc1. The average Bonchev–Trinajstić information content (AvgIpc) is 2.34. The molecule has 0 aliphatic carbocycles. The van der Waals surface area contributed by atoms with Crippen LogP contribution >= 0.6 is 11.6 Å². The van der Waals surface area contributed by atoms with Gasteiger partial charge in [0.05, 0.1) is 12.2 Å². The summed E-state index contributed by atoms with van der Waals surface area (Å²) in [6.07, 6.45) is 0.879. The molecule has 3 nitrogen and oxygen atoms in total. The van der Waals surface area contributed by atoms with Crippen molar-refractivity contribution in [3.8, 4) is 0 Å². The summed E-state index contributed by atoms with van der Waals surface area (Å²) in [4.78, 5) is 11.6. The Bertz CT molecular complexity index is 348. The zero-order valence-corrected chi connectivity index (χ0v) is 10.9. The molecule has 0 spiro atoms. The molecule has 0 aliphatic heterocycles. The van der Waals surface area contributed by atoms with Gasteiger partial charge in [-0.1, -0.05) is 18.5 Å². The van der Waals surface area contributed by atoms with E-state index in [4.69, 9.17) is 21.1 Å². The molecule has 0 saturated heterocycles. The van der Waals surface area contributed by atoms with Gasteiger partial charge in [-0.3, -0.25) is 0 Å². The Morgan fingerprint density at radius 1 is 1.35 bits per heavy atom. The third-order valence-corrected chi connectivity index (χ3v) is 2.65. The molecule has 1 aromatic carbocycles. The standard InChI is InChI=1S/C13H17ClO3/c1-10(7-8-16-2)9-17-13(15)11-3-5-12(14)6-4-11/h3-6,10H,7-9H2,1-2H3. The molecule has 0 heterocycles. The fraction of sp³-hybridized carbons (Fsp3) is 0.462. The van der Waals surface area contributed by atoms with E-state index >= 15 is 0 Å². The highest BCUT2D eigenvalue weighted by Gasteiger charge is 2.09. The smallest absolute Gasteiger partial charge is 0.338 e. The van der Waals surface area contributed by atoms with Crippen molar-refractivity contribution >= 4 is 17.6 Å². The van der Waals surface area contributed by atoms with Gasteiger partial charge in [-0.25, -0.2) is 4.79 Å². The lowest BCUT2D eigenvalue weighted by molar-refractivity contribution is 0.0424. The highest BCUT2D eigenvalue weighted by molar-refractivity contribution is 6.30. The number of rotatable bonds is 6. The predicted octanol–water partition coefficient (Wildman–Crippen LogP) is 3.17. The molecule has 4 heteroatoms. The van der Waals surface area contributed by atoms with E-state index < -0.39 is 0 Å². The molecule has 0 N–H and O–H groups in total. The van der Waals surface area contributed by atoms with Crippen molar-refractivity contribution in [1.29, 1.82) is 0 Å². The largest absolute Gasteiger partial charge is 0.462 e. The first-order valence-corrected chi connectivity index (χ1v) is 5.93. The van der Waals surface area contributed by atoms with Gasteiger partial charge in [-0.05, 0) is 36.6 Å². The van der Waals surface area contributed by atoms with Crippen LogP contribution in [-0.2, 0) is 9.47 Å². The molecule has 0 bridgehead atoms. The number of carbonyl (C=O) groups excluding carboxylic acids is 1. The Morgan fingerprint density at radius 3 is 2.59 bits per heavy atom. The second-order valence-corrected chi connectivity index (χ2v) is 4.43. The lowest BCUT2D eigenvalue weighted by Gasteiger charge is -2.11. The van der Waals surface area contributed by atoms with Gasteiger partial charge < -0.3 is 9.47 Å². The molecule has 1 aromatic rings. The van der Waals surface area contributed by atoms with Crippen LogP contribution < -0.4 is 0 Å². The Balaban J connectivity index is 2.36. The zero-order chi connectivity index (χ0) is 12.7. The zero-order valence-electron chi connectivity index (χ0n) is 10.1. The summed E-state index contributed by atoms with van der Waals surface area (Å²) in [5.41, 5.74) is 0.522. The van der Waals surface area contributed by atoms with Crippen LogP contribution in [0.1, 0.15) is 23.7 Å². The average molecular weight is 257 g/mol. The number of carbonyl (C=O) groups is 1. The number of hydrogen-bond acceptors (Lipinski definition) is 3. The molecule has 0 amide bonds. The van der Waals surface area contributed by atoms with Crippen molar-refractivity contribution in [2.45, 2.75) is 13.3 Å². The number of ether oxygens (including phenoxy) is 2. The summed E-state index contributed by atoms with van der Waals surface area (Å²) in [5, 5.41) is 0.606. The monoisotopic (exact) mass is 256 g/mol. The number of benzene rings is 1. The van der Waals surface area contributed by atoms with E-state index in [-0.39, 0.29) is 5.97 Å². The lowest BCUT2D eigenvalue weighted by Crippen LogP contribution is -2.13. The van der Waals surface area contributed by atoms with Crippen molar-refractivity contribution in [3.05, 3.63) is 34.9 Å². The summed E-state index contributed by atoms with van der Waals surface area (Å²) in [5.74, 6) is -0.0165. The Morgan fingerprint density at radius 2 is 2.00 bits per heavy atom. The van der Waals surface area contributed by atoms with E-state index in [9.17, 15) is 4.79 Å². The van der Waals surface area contributed by atoms with Gasteiger partial charge in [0, 0.05) is 18.7 Å². The second kappa shape index (κ2) is 7.30. The van der Waals surface area contributed by atoms with Gasteiger partial charge in [-0.2, -0.15) is 0 Å². The van der Waals surface area contributed by atoms with E-state index in [2.05, 4.69) is 0 Å². The van der Waals surface area contributed by atoms with Crippen LogP contribution in [0.5, 0.6) is 0 Å². The Kier molecular flexibility index (Phi) is 6.01. The van der Waals surface area contributed by atoms with Gasteiger partial charge in [-0.15, -0.1) is 0 Å². The molecule has 0 fully saturated rings. The molecule has 17 heavy (non-hydrogen) atoms. The summed E-state index contributed by atoms with van der Waals surface area (Å²) in [6, 6.07) is 6.66. The Hall–Kier alpha value is -1.06. The van der Waals surface area contributed by atoms with Crippen molar-refractivity contribution in [2.24, 2.45) is 5.92 Å². The van der Waals surface area contributed by atoms with Crippen LogP contribution in [0, 0.1) is 5.92 Å². The summed E-state index contributed by atoms with van der Waals surface area (Å²) < 4.78 is 10.2. The summed E-state index contributed by atoms with van der Waals surface area (Å²) in [7, 11) is 1.66. The molecule has 1 unspecified atom stereocenters. The maximum absolute atomic E-state index is 11.6. The number of hydrogen-bond donors (Lipinski definition) is 0. The Labute approximate surface area is 107 Å². The van der Waals surface area contributed by atoms with Crippen LogP contribution in [0.25, 0.3) is 0 Å². The summed E-state index contributed by atoms with van der Waals surface area (Å²) in [6.45, 7) is 3.11. The quantitative estimate of drug-likeness (QED) is 0.734. The molecule has 0 saturated carbocycles. The van der Waals surface area contributed by atoms with E-state index in [1.54, 1.807) is 31.4 Å². The third kappa shape index (κ3) is 5.20. The molecule has 0 aromatic heterocycles. The predicted molar refractivity (Wildman–Crippen MR) is 67.4 cm³/mol.